The first-order chi connectivity index (χ1) is 14.9. The van der Waals surface area contributed by atoms with Gasteiger partial charge < -0.3 is 10.5 Å². The van der Waals surface area contributed by atoms with E-state index in [0.717, 1.165) is 33.9 Å². The molecule has 1 heterocycles. The van der Waals surface area contributed by atoms with Crippen LogP contribution in [0.4, 0.5) is 18.9 Å². The van der Waals surface area contributed by atoms with Crippen molar-refractivity contribution in [3.05, 3.63) is 113 Å². The van der Waals surface area contributed by atoms with Crippen molar-refractivity contribution in [2.45, 2.75) is 11.6 Å². The number of benzene rings is 4. The maximum Gasteiger partial charge on any atom is 0.419 e. The summed E-state index contributed by atoms with van der Waals surface area (Å²) in [5, 5.41) is 0. The molecule has 6 rings (SSSR count). The van der Waals surface area contributed by atoms with Gasteiger partial charge in [0.05, 0.1) is 11.0 Å². The van der Waals surface area contributed by atoms with Crippen LogP contribution in [0.25, 0.3) is 11.1 Å². The van der Waals surface area contributed by atoms with Gasteiger partial charge in [-0.3, -0.25) is 0 Å². The zero-order valence-corrected chi connectivity index (χ0v) is 16.2. The number of rotatable bonds is 0. The third-order valence-corrected chi connectivity index (χ3v) is 6.33. The van der Waals surface area contributed by atoms with E-state index in [1.165, 1.54) is 6.07 Å². The third kappa shape index (κ3) is 2.18. The second-order valence-corrected chi connectivity index (χ2v) is 7.84. The summed E-state index contributed by atoms with van der Waals surface area (Å²) in [6.07, 6.45) is -4.55. The topological polar surface area (TPSA) is 35.2 Å². The Morgan fingerprint density at radius 2 is 1.32 bits per heavy atom. The SMILES string of the molecule is Nc1cccc2c1-c1ccccc1C21c2ccccc2Oc2c(C(F)(F)F)cccc21. The van der Waals surface area contributed by atoms with E-state index in [9.17, 15) is 13.2 Å². The lowest BCUT2D eigenvalue weighted by Gasteiger charge is -2.40. The smallest absolute Gasteiger partial charge is 0.419 e. The molecule has 0 amide bonds. The van der Waals surface area contributed by atoms with E-state index < -0.39 is 17.2 Å². The van der Waals surface area contributed by atoms with E-state index >= 15 is 0 Å². The molecule has 1 unspecified atom stereocenters. The molecule has 0 saturated heterocycles. The van der Waals surface area contributed by atoms with Gasteiger partial charge in [-0.05, 0) is 34.9 Å². The highest BCUT2D eigenvalue weighted by Gasteiger charge is 2.53. The zero-order valence-electron chi connectivity index (χ0n) is 16.2. The lowest BCUT2D eigenvalue weighted by atomic mass is 9.65. The number of ether oxygens (including phenoxy) is 1. The molecule has 0 fully saturated rings. The Labute approximate surface area is 176 Å². The molecule has 0 bridgehead atoms. The Hall–Kier alpha value is -3.73. The van der Waals surface area contributed by atoms with Crippen LogP contribution in [0.15, 0.2) is 84.9 Å². The Morgan fingerprint density at radius 3 is 2.13 bits per heavy atom. The largest absolute Gasteiger partial charge is 0.456 e. The zero-order chi connectivity index (χ0) is 21.4. The molecule has 1 aliphatic carbocycles. The van der Waals surface area contributed by atoms with Gasteiger partial charge >= 0.3 is 6.18 Å². The fourth-order valence-corrected chi connectivity index (χ4v) is 5.22. The van der Waals surface area contributed by atoms with Crippen LogP contribution in [0.3, 0.4) is 0 Å². The Balaban J connectivity index is 1.85. The first kappa shape index (κ1) is 18.1. The van der Waals surface area contributed by atoms with Crippen molar-refractivity contribution in [1.82, 2.24) is 0 Å². The molecule has 31 heavy (non-hydrogen) atoms. The molecule has 0 saturated carbocycles. The lowest BCUT2D eigenvalue weighted by molar-refractivity contribution is -0.138. The highest BCUT2D eigenvalue weighted by atomic mass is 19.4. The molecule has 4 aromatic rings. The molecule has 152 valence electrons. The maximum absolute atomic E-state index is 14.0. The van der Waals surface area contributed by atoms with E-state index in [1.54, 1.807) is 18.2 Å². The Morgan fingerprint density at radius 1 is 0.677 bits per heavy atom. The van der Waals surface area contributed by atoms with Crippen molar-refractivity contribution >= 4 is 5.69 Å². The number of anilines is 1. The quantitative estimate of drug-likeness (QED) is 0.278. The second-order valence-electron chi connectivity index (χ2n) is 7.84. The van der Waals surface area contributed by atoms with Gasteiger partial charge in [0.25, 0.3) is 0 Å². The minimum absolute atomic E-state index is 0.154. The highest BCUT2D eigenvalue weighted by Crippen LogP contribution is 2.63. The summed E-state index contributed by atoms with van der Waals surface area (Å²) >= 11 is 0. The van der Waals surface area contributed by atoms with E-state index in [2.05, 4.69) is 0 Å². The monoisotopic (exact) mass is 415 g/mol. The number of alkyl halides is 3. The fraction of sp³-hybridized carbons (Fsp3) is 0.0769. The van der Waals surface area contributed by atoms with Crippen molar-refractivity contribution in [3.8, 4) is 22.6 Å². The van der Waals surface area contributed by atoms with Crippen molar-refractivity contribution in [2.24, 2.45) is 0 Å². The number of nitrogen functional groups attached to an aromatic ring is 1. The van der Waals surface area contributed by atoms with Crippen LogP contribution in [0.2, 0.25) is 0 Å². The normalized spacial score (nSPS) is 18.0. The predicted molar refractivity (Wildman–Crippen MR) is 113 cm³/mol. The molecule has 0 radical (unpaired) electrons. The molecule has 0 aromatic heterocycles. The van der Waals surface area contributed by atoms with Crippen molar-refractivity contribution in [2.75, 3.05) is 5.73 Å². The number of nitrogens with two attached hydrogens (primary N) is 1. The molecule has 2 nitrogen and oxygen atoms in total. The molecule has 5 heteroatoms. The minimum atomic E-state index is -4.55. The van der Waals surface area contributed by atoms with Gasteiger partial charge in [-0.1, -0.05) is 66.7 Å². The van der Waals surface area contributed by atoms with Crippen molar-refractivity contribution < 1.29 is 17.9 Å². The molecule has 2 N–H and O–H groups in total. The minimum Gasteiger partial charge on any atom is -0.456 e. The molecular weight excluding hydrogens is 399 g/mol. The van der Waals surface area contributed by atoms with Gasteiger partial charge in [0.15, 0.2) is 0 Å². The van der Waals surface area contributed by atoms with E-state index in [-0.39, 0.29) is 5.75 Å². The first-order valence-corrected chi connectivity index (χ1v) is 9.91. The summed E-state index contributed by atoms with van der Waals surface area (Å²) in [6.45, 7) is 0. The summed E-state index contributed by atoms with van der Waals surface area (Å²) in [5.41, 5.74) is 10.1. The van der Waals surface area contributed by atoms with Gasteiger partial charge in [-0.15, -0.1) is 0 Å². The Bertz CT molecular complexity index is 1380. The second kappa shape index (κ2) is 5.91. The van der Waals surface area contributed by atoms with Gasteiger partial charge in [0, 0.05) is 22.4 Å². The molecule has 4 aromatic carbocycles. The first-order valence-electron chi connectivity index (χ1n) is 9.91. The van der Waals surface area contributed by atoms with Crippen LogP contribution in [0, 0.1) is 0 Å². The van der Waals surface area contributed by atoms with Crippen LogP contribution in [0.1, 0.15) is 27.8 Å². The maximum atomic E-state index is 14.0. The van der Waals surface area contributed by atoms with Gasteiger partial charge in [0.2, 0.25) is 0 Å². The van der Waals surface area contributed by atoms with Crippen LogP contribution in [0.5, 0.6) is 11.5 Å². The number of hydrogen-bond donors (Lipinski definition) is 1. The average Bonchev–Trinajstić information content (AvgIpc) is 3.05. The molecular formula is C26H16F3NO. The van der Waals surface area contributed by atoms with Gasteiger partial charge in [-0.2, -0.15) is 13.2 Å². The predicted octanol–water partition coefficient (Wildman–Crippen LogP) is 6.76. The van der Waals surface area contributed by atoms with Crippen LogP contribution in [-0.4, -0.2) is 0 Å². The van der Waals surface area contributed by atoms with Crippen LogP contribution >= 0.6 is 0 Å². The summed E-state index contributed by atoms with van der Waals surface area (Å²) < 4.78 is 47.9. The summed E-state index contributed by atoms with van der Waals surface area (Å²) in [4.78, 5) is 0. The van der Waals surface area contributed by atoms with Gasteiger partial charge in [-0.25, -0.2) is 0 Å². The van der Waals surface area contributed by atoms with Crippen molar-refractivity contribution in [1.29, 1.82) is 0 Å². The van der Waals surface area contributed by atoms with E-state index in [0.29, 0.717) is 17.0 Å². The Kier molecular flexibility index (Phi) is 3.45. The summed E-state index contributed by atoms with van der Waals surface area (Å²) in [7, 11) is 0. The molecule has 1 aliphatic heterocycles. The molecule has 2 aliphatic rings. The number of fused-ring (bicyclic) bond motifs is 9. The number of para-hydroxylation sites is 2. The van der Waals surface area contributed by atoms with Crippen LogP contribution in [-0.2, 0) is 11.6 Å². The molecule has 1 atom stereocenters. The number of halogens is 3. The number of hydrogen-bond acceptors (Lipinski definition) is 2. The standard InChI is InChI=1S/C26H16F3NO/c27-26(28,29)20-12-5-11-19-24(20)31-22-14-4-3-9-17(22)25(19)16-8-2-1-7-15(16)23-18(25)10-6-13-21(23)30/h1-14H,30H2. The van der Waals surface area contributed by atoms with Gasteiger partial charge in [0.1, 0.15) is 11.5 Å². The summed E-state index contributed by atoms with van der Waals surface area (Å²) in [6, 6.07) is 25.0. The fourth-order valence-electron chi connectivity index (χ4n) is 5.22. The lowest BCUT2D eigenvalue weighted by Crippen LogP contribution is -2.33. The van der Waals surface area contributed by atoms with Crippen molar-refractivity contribution in [3.63, 3.8) is 0 Å². The van der Waals surface area contributed by atoms with E-state index in [4.69, 9.17) is 10.5 Å². The average molecular weight is 415 g/mol. The highest BCUT2D eigenvalue weighted by molar-refractivity contribution is 5.94. The van der Waals surface area contributed by atoms with E-state index in [1.807, 2.05) is 54.6 Å². The summed E-state index contributed by atoms with van der Waals surface area (Å²) in [5.74, 6) is 0.260. The third-order valence-electron chi connectivity index (χ3n) is 6.33. The molecule has 1 spiro atoms. The van der Waals surface area contributed by atoms with Crippen LogP contribution < -0.4 is 10.5 Å².